The van der Waals surface area contributed by atoms with Gasteiger partial charge in [-0.2, -0.15) is 0 Å². The monoisotopic (exact) mass is 238 g/mol. The lowest BCUT2D eigenvalue weighted by Crippen LogP contribution is -2.12. The van der Waals surface area contributed by atoms with E-state index in [1.54, 1.807) is 6.07 Å². The molecule has 2 rings (SSSR count). The van der Waals surface area contributed by atoms with E-state index in [-0.39, 0.29) is 5.92 Å². The zero-order valence-electron chi connectivity index (χ0n) is 9.24. The summed E-state index contributed by atoms with van der Waals surface area (Å²) in [5.74, 6) is 0.890. The normalized spacial score (nSPS) is 13.2. The topological polar surface area (TPSA) is 52.0 Å². The maximum Gasteiger partial charge on any atom is 0.199 e. The number of oxazole rings is 1. The van der Waals surface area contributed by atoms with Crippen LogP contribution in [0.3, 0.4) is 0 Å². The maximum atomic E-state index is 6.03. The smallest absolute Gasteiger partial charge is 0.199 e. The van der Waals surface area contributed by atoms with Crippen molar-refractivity contribution in [3.63, 3.8) is 0 Å². The van der Waals surface area contributed by atoms with E-state index in [2.05, 4.69) is 11.9 Å². The minimum absolute atomic E-state index is 0.188. The molecule has 1 heterocycles. The first-order valence-corrected chi connectivity index (χ1v) is 5.89. The molecule has 0 amide bonds. The first-order valence-electron chi connectivity index (χ1n) is 5.51. The van der Waals surface area contributed by atoms with Crippen LogP contribution in [0, 0.1) is 0 Å². The zero-order chi connectivity index (χ0) is 11.5. The van der Waals surface area contributed by atoms with Gasteiger partial charge in [-0.15, -0.1) is 0 Å². The molecule has 0 saturated heterocycles. The van der Waals surface area contributed by atoms with Crippen molar-refractivity contribution in [3.8, 4) is 0 Å². The Bertz CT molecular complexity index is 481. The molecule has 0 spiro atoms. The second kappa shape index (κ2) is 4.85. The van der Waals surface area contributed by atoms with Crippen LogP contribution in [0.2, 0.25) is 5.02 Å². The summed E-state index contributed by atoms with van der Waals surface area (Å²) in [5, 5.41) is 0.600. The number of nitrogens with two attached hydrogens (primary N) is 1. The van der Waals surface area contributed by atoms with Gasteiger partial charge in [0, 0.05) is 12.5 Å². The molecule has 16 heavy (non-hydrogen) atoms. The number of benzene rings is 1. The maximum absolute atomic E-state index is 6.03. The van der Waals surface area contributed by atoms with E-state index in [9.17, 15) is 0 Å². The highest BCUT2D eigenvalue weighted by molar-refractivity contribution is 6.34. The second-order valence-corrected chi connectivity index (χ2v) is 4.27. The van der Waals surface area contributed by atoms with Crippen LogP contribution >= 0.6 is 11.6 Å². The van der Waals surface area contributed by atoms with Crippen molar-refractivity contribution in [1.82, 2.24) is 4.98 Å². The van der Waals surface area contributed by atoms with Crippen molar-refractivity contribution in [2.24, 2.45) is 5.73 Å². The second-order valence-electron chi connectivity index (χ2n) is 3.86. The molecule has 0 aliphatic heterocycles. The fourth-order valence-corrected chi connectivity index (χ4v) is 2.01. The molecule has 0 fully saturated rings. The predicted octanol–water partition coefficient (Wildman–Crippen LogP) is 3.32. The van der Waals surface area contributed by atoms with Crippen LogP contribution in [0.4, 0.5) is 0 Å². The fourth-order valence-electron chi connectivity index (χ4n) is 1.80. The number of halogens is 1. The van der Waals surface area contributed by atoms with E-state index in [1.807, 2.05) is 12.1 Å². The Morgan fingerprint density at radius 1 is 1.50 bits per heavy atom. The number of hydrogen-bond donors (Lipinski definition) is 1. The van der Waals surface area contributed by atoms with Gasteiger partial charge in [0.1, 0.15) is 5.52 Å². The SMILES string of the molecule is CCCC(CN)c1nc2cccc(Cl)c2o1. The van der Waals surface area contributed by atoms with Gasteiger partial charge in [-0.1, -0.05) is 31.0 Å². The van der Waals surface area contributed by atoms with Crippen LogP contribution in [0.25, 0.3) is 11.1 Å². The number of aromatic nitrogens is 1. The van der Waals surface area contributed by atoms with E-state index in [4.69, 9.17) is 21.8 Å². The molecule has 0 radical (unpaired) electrons. The van der Waals surface area contributed by atoms with Crippen LogP contribution in [0.15, 0.2) is 22.6 Å². The lowest BCUT2D eigenvalue weighted by molar-refractivity contribution is 0.453. The molecule has 0 saturated carbocycles. The molecular formula is C12H15ClN2O. The standard InChI is InChI=1S/C12H15ClN2O/c1-2-4-8(7-14)12-15-10-6-3-5-9(13)11(10)16-12/h3,5-6,8H,2,4,7,14H2,1H3. The summed E-state index contributed by atoms with van der Waals surface area (Å²) < 4.78 is 5.68. The third kappa shape index (κ3) is 2.06. The molecule has 0 bridgehead atoms. The molecule has 1 atom stereocenters. The largest absolute Gasteiger partial charge is 0.439 e. The van der Waals surface area contributed by atoms with Gasteiger partial charge < -0.3 is 10.2 Å². The molecule has 2 aromatic rings. The number of hydrogen-bond acceptors (Lipinski definition) is 3. The Hall–Kier alpha value is -1.06. The van der Waals surface area contributed by atoms with Gasteiger partial charge in [-0.3, -0.25) is 0 Å². The summed E-state index contributed by atoms with van der Waals surface area (Å²) in [6, 6.07) is 5.57. The third-order valence-corrected chi connectivity index (χ3v) is 2.95. The lowest BCUT2D eigenvalue weighted by atomic mass is 10.0. The van der Waals surface area contributed by atoms with Crippen molar-refractivity contribution in [3.05, 3.63) is 29.1 Å². The quantitative estimate of drug-likeness (QED) is 0.889. The van der Waals surface area contributed by atoms with Gasteiger partial charge in [0.25, 0.3) is 0 Å². The van der Waals surface area contributed by atoms with E-state index in [0.29, 0.717) is 23.0 Å². The molecule has 2 N–H and O–H groups in total. The fraction of sp³-hybridized carbons (Fsp3) is 0.417. The Balaban J connectivity index is 2.42. The molecule has 0 aliphatic carbocycles. The first kappa shape index (κ1) is 11.4. The number of fused-ring (bicyclic) bond motifs is 1. The highest BCUT2D eigenvalue weighted by Gasteiger charge is 2.16. The van der Waals surface area contributed by atoms with Crippen LogP contribution < -0.4 is 5.73 Å². The highest BCUT2D eigenvalue weighted by Crippen LogP contribution is 2.28. The highest BCUT2D eigenvalue weighted by atomic mass is 35.5. The van der Waals surface area contributed by atoms with E-state index in [1.165, 1.54) is 0 Å². The summed E-state index contributed by atoms with van der Waals surface area (Å²) >= 11 is 6.03. The summed E-state index contributed by atoms with van der Waals surface area (Å²) in [6.07, 6.45) is 2.05. The van der Waals surface area contributed by atoms with Crippen molar-refractivity contribution >= 4 is 22.7 Å². The van der Waals surface area contributed by atoms with Gasteiger partial charge >= 0.3 is 0 Å². The lowest BCUT2D eigenvalue weighted by Gasteiger charge is -2.07. The van der Waals surface area contributed by atoms with Gasteiger partial charge in [0.2, 0.25) is 0 Å². The molecule has 3 nitrogen and oxygen atoms in total. The van der Waals surface area contributed by atoms with Crippen molar-refractivity contribution in [1.29, 1.82) is 0 Å². The van der Waals surface area contributed by atoms with Crippen molar-refractivity contribution in [2.75, 3.05) is 6.54 Å². The van der Waals surface area contributed by atoms with Crippen molar-refractivity contribution < 1.29 is 4.42 Å². The molecule has 1 aromatic heterocycles. The number of para-hydroxylation sites is 1. The molecule has 1 aromatic carbocycles. The minimum Gasteiger partial charge on any atom is -0.439 e. The summed E-state index contributed by atoms with van der Waals surface area (Å²) in [6.45, 7) is 2.68. The molecule has 0 aliphatic rings. The Morgan fingerprint density at radius 2 is 2.31 bits per heavy atom. The number of rotatable bonds is 4. The van der Waals surface area contributed by atoms with Gasteiger partial charge in [0.05, 0.1) is 5.02 Å². The molecule has 86 valence electrons. The summed E-state index contributed by atoms with van der Waals surface area (Å²) in [4.78, 5) is 4.43. The van der Waals surface area contributed by atoms with Gasteiger partial charge in [0.15, 0.2) is 11.5 Å². The first-order chi connectivity index (χ1) is 7.76. The molecule has 4 heteroatoms. The molecule has 1 unspecified atom stereocenters. The van der Waals surface area contributed by atoms with Crippen LogP contribution in [-0.2, 0) is 0 Å². The summed E-state index contributed by atoms with van der Waals surface area (Å²) in [7, 11) is 0. The van der Waals surface area contributed by atoms with E-state index in [0.717, 1.165) is 18.4 Å². The Morgan fingerprint density at radius 3 is 2.94 bits per heavy atom. The Kier molecular flexibility index (Phi) is 3.46. The van der Waals surface area contributed by atoms with Gasteiger partial charge in [-0.05, 0) is 18.6 Å². The third-order valence-electron chi connectivity index (χ3n) is 2.65. The van der Waals surface area contributed by atoms with Gasteiger partial charge in [-0.25, -0.2) is 4.98 Å². The Labute approximate surface area is 99.6 Å². The van der Waals surface area contributed by atoms with Crippen molar-refractivity contribution in [2.45, 2.75) is 25.7 Å². The average Bonchev–Trinajstić information content (AvgIpc) is 2.71. The van der Waals surface area contributed by atoms with Crippen LogP contribution in [0.1, 0.15) is 31.6 Å². The summed E-state index contributed by atoms with van der Waals surface area (Å²) in [5.41, 5.74) is 7.18. The zero-order valence-corrected chi connectivity index (χ0v) is 10.00. The van der Waals surface area contributed by atoms with Crippen LogP contribution in [0.5, 0.6) is 0 Å². The molecular weight excluding hydrogens is 224 g/mol. The van der Waals surface area contributed by atoms with E-state index >= 15 is 0 Å². The van der Waals surface area contributed by atoms with E-state index < -0.39 is 0 Å². The predicted molar refractivity (Wildman–Crippen MR) is 65.7 cm³/mol. The minimum atomic E-state index is 0.188. The van der Waals surface area contributed by atoms with Crippen LogP contribution in [-0.4, -0.2) is 11.5 Å². The average molecular weight is 239 g/mol. The number of nitrogens with zero attached hydrogens (tertiary/aromatic N) is 1.